The van der Waals surface area contributed by atoms with Crippen LogP contribution >= 0.6 is 110 Å². The number of benzene rings is 8. The predicted molar refractivity (Wildman–Crippen MR) is 371 cm³/mol. The van der Waals surface area contributed by atoms with Crippen molar-refractivity contribution < 1.29 is 35.1 Å². The van der Waals surface area contributed by atoms with E-state index in [1.54, 1.807) is 123 Å². The summed E-state index contributed by atoms with van der Waals surface area (Å²) in [4.78, 5) is 16.5. The van der Waals surface area contributed by atoms with E-state index in [0.29, 0.717) is 106 Å². The third-order valence-electron chi connectivity index (χ3n) is 14.4. The summed E-state index contributed by atoms with van der Waals surface area (Å²) in [7, 11) is 0. The van der Waals surface area contributed by atoms with Gasteiger partial charge < -0.3 is 21.3 Å². The molecule has 8 aromatic carbocycles. The number of pyridine rings is 4. The summed E-state index contributed by atoms with van der Waals surface area (Å²) in [5, 5.41) is 15.8. The van der Waals surface area contributed by atoms with Gasteiger partial charge in [-0.05, 0) is 152 Å². The van der Waals surface area contributed by atoms with E-state index >= 15 is 0 Å². The normalized spacial score (nSPS) is 12.4. The van der Waals surface area contributed by atoms with Gasteiger partial charge in [-0.1, -0.05) is 119 Å². The Kier molecular flexibility index (Phi) is 23.3. The van der Waals surface area contributed by atoms with E-state index in [0.717, 1.165) is 0 Å². The molecule has 4 N–H and O–H groups in total. The van der Waals surface area contributed by atoms with Crippen molar-refractivity contribution >= 4 is 176 Å². The van der Waals surface area contributed by atoms with E-state index in [2.05, 4.69) is 105 Å². The van der Waals surface area contributed by atoms with Crippen LogP contribution in [0.4, 0.5) is 57.9 Å². The number of halogens is 16. The lowest BCUT2D eigenvalue weighted by molar-refractivity contribution is 0.600. The first-order valence-corrected chi connectivity index (χ1v) is 32.3. The summed E-state index contributed by atoms with van der Waals surface area (Å²) in [5.41, 5.74) is 5.85. The first kappa shape index (κ1) is 69.5. The molecule has 92 heavy (non-hydrogen) atoms. The van der Waals surface area contributed by atoms with E-state index in [4.69, 9.17) is 46.4 Å². The zero-order valence-corrected chi connectivity index (χ0v) is 57.7. The second-order valence-corrected chi connectivity index (χ2v) is 25.6. The van der Waals surface area contributed by atoms with Crippen LogP contribution in [-0.4, -0.2) is 19.9 Å². The number of anilines is 4. The lowest BCUT2D eigenvalue weighted by atomic mass is 10.1. The first-order valence-electron chi connectivity index (χ1n) is 27.7. The zero-order valence-electron chi connectivity index (χ0n) is 48.3. The van der Waals surface area contributed by atoms with Crippen molar-refractivity contribution in [3.8, 4) is 0 Å². The Balaban J connectivity index is 0.000000145. The van der Waals surface area contributed by atoms with Crippen molar-refractivity contribution in [3.63, 3.8) is 0 Å². The van der Waals surface area contributed by atoms with Gasteiger partial charge in [0.1, 0.15) is 46.5 Å². The van der Waals surface area contributed by atoms with Crippen LogP contribution in [0.2, 0.25) is 20.1 Å². The van der Waals surface area contributed by atoms with Crippen molar-refractivity contribution in [1.82, 2.24) is 19.9 Å². The second kappa shape index (κ2) is 30.9. The highest BCUT2D eigenvalue weighted by Crippen LogP contribution is 2.41. The Labute approximate surface area is 577 Å². The fraction of sp³-hybridized carbons (Fsp3) is 0.118. The number of hydrogen-bond acceptors (Lipinski definition) is 8. The Morgan fingerprint density at radius 3 is 0.870 bits per heavy atom. The molecule has 8 nitrogen and oxygen atoms in total. The molecule has 12 aromatic rings. The van der Waals surface area contributed by atoms with E-state index in [-0.39, 0.29) is 56.2 Å². The Hall–Kier alpha value is -6.88. The Morgan fingerprint density at radius 1 is 0.315 bits per heavy atom. The highest BCUT2D eigenvalue weighted by atomic mass is 79.9. The largest absolute Gasteiger partial charge is 0.377 e. The van der Waals surface area contributed by atoms with Crippen molar-refractivity contribution in [3.05, 3.63) is 277 Å². The molecule has 0 bridgehead atoms. The highest BCUT2D eigenvalue weighted by Gasteiger charge is 2.22. The van der Waals surface area contributed by atoms with E-state index in [9.17, 15) is 35.1 Å². The van der Waals surface area contributed by atoms with Gasteiger partial charge in [0.05, 0.1) is 118 Å². The molecule has 0 amide bonds. The SMILES string of the molecule is C[C@@H](Nc1c(Cl)cnc2cc(F)c(Br)cc12)c1ccccc1F.C[C@@H](Nc1c(Cl)cnc2ccc(Br)c(F)c12)c1ccccc1F.C[C@H](Nc1c(Cl)cnc2cc(F)c(Br)cc12)c1ccccc1F.C[C@H](Nc1c(Cl)cnc2ccc(Br)c(F)c12)c1ccccc1F. The fourth-order valence-corrected chi connectivity index (χ4v) is 11.9. The molecular weight excluding hydrogens is 1540 g/mol. The van der Waals surface area contributed by atoms with E-state index < -0.39 is 35.4 Å². The molecule has 0 fully saturated rings. The van der Waals surface area contributed by atoms with Crippen molar-refractivity contribution in [2.24, 2.45) is 0 Å². The molecule has 0 aliphatic rings. The highest BCUT2D eigenvalue weighted by molar-refractivity contribution is 9.11. The number of nitrogens with one attached hydrogen (secondary N) is 4. The molecule has 0 aliphatic heterocycles. The van der Waals surface area contributed by atoms with Gasteiger partial charge in [0.2, 0.25) is 0 Å². The molecular formula is C68H48Br4Cl4F8N8. The van der Waals surface area contributed by atoms with Gasteiger partial charge in [-0.15, -0.1) is 0 Å². The van der Waals surface area contributed by atoms with Gasteiger partial charge in [-0.25, -0.2) is 35.1 Å². The molecule has 0 spiro atoms. The third-order valence-corrected chi connectivity index (χ3v) is 18.0. The topological polar surface area (TPSA) is 99.7 Å². The van der Waals surface area contributed by atoms with Crippen LogP contribution in [0.3, 0.4) is 0 Å². The Morgan fingerprint density at radius 2 is 0.576 bits per heavy atom. The monoisotopic (exact) mass is 1580 g/mol. The van der Waals surface area contributed by atoms with Crippen LogP contribution in [0, 0.1) is 46.5 Å². The van der Waals surface area contributed by atoms with E-state index in [1.165, 1.54) is 61.2 Å². The van der Waals surface area contributed by atoms with Gasteiger partial charge in [-0.3, -0.25) is 19.9 Å². The molecule has 0 radical (unpaired) electrons. The Bertz CT molecular complexity index is 4400. The molecule has 4 atom stereocenters. The third kappa shape index (κ3) is 16.0. The summed E-state index contributed by atoms with van der Waals surface area (Å²) in [5.74, 6) is -2.97. The van der Waals surface area contributed by atoms with Gasteiger partial charge in [0, 0.05) is 69.9 Å². The number of fused-ring (bicyclic) bond motifs is 4. The summed E-state index contributed by atoms with van der Waals surface area (Å²) in [6, 6.07) is 36.9. The molecule has 24 heteroatoms. The van der Waals surface area contributed by atoms with Crippen LogP contribution in [0.1, 0.15) is 74.1 Å². The van der Waals surface area contributed by atoms with Crippen LogP contribution in [0.5, 0.6) is 0 Å². The summed E-state index contributed by atoms with van der Waals surface area (Å²) in [6.45, 7) is 7.24. The molecule has 4 heterocycles. The maximum atomic E-state index is 14.5. The summed E-state index contributed by atoms with van der Waals surface area (Å²) in [6.07, 6.45) is 5.81. The lowest BCUT2D eigenvalue weighted by Gasteiger charge is -2.19. The fourth-order valence-electron chi connectivity index (χ4n) is 9.78. The predicted octanol–water partition coefficient (Wildman–Crippen LogP) is 24.4. The van der Waals surface area contributed by atoms with Crippen LogP contribution in [0.15, 0.2) is 188 Å². The quantitative estimate of drug-likeness (QED) is 0.0898. The van der Waals surface area contributed by atoms with E-state index in [1.807, 2.05) is 13.8 Å². The van der Waals surface area contributed by atoms with Crippen molar-refractivity contribution in [1.29, 1.82) is 0 Å². The molecule has 4 aromatic heterocycles. The van der Waals surface area contributed by atoms with Crippen LogP contribution in [0.25, 0.3) is 43.6 Å². The molecule has 472 valence electrons. The first-order chi connectivity index (χ1) is 43.9. The van der Waals surface area contributed by atoms with Crippen LogP contribution < -0.4 is 21.3 Å². The number of aromatic nitrogens is 4. The molecule has 12 rings (SSSR count). The maximum absolute atomic E-state index is 14.5. The van der Waals surface area contributed by atoms with Gasteiger partial charge in [0.15, 0.2) is 0 Å². The number of rotatable bonds is 12. The number of nitrogens with zero attached hydrogens (tertiary/aromatic N) is 4. The molecule has 0 aliphatic carbocycles. The summed E-state index contributed by atoms with van der Waals surface area (Å²) < 4.78 is 113. The minimum absolute atomic E-state index is 0.273. The van der Waals surface area contributed by atoms with Crippen LogP contribution in [-0.2, 0) is 0 Å². The lowest BCUT2D eigenvalue weighted by Crippen LogP contribution is -2.10. The molecule has 0 saturated carbocycles. The van der Waals surface area contributed by atoms with Gasteiger partial charge in [-0.2, -0.15) is 0 Å². The van der Waals surface area contributed by atoms with Crippen molar-refractivity contribution in [2.45, 2.75) is 51.9 Å². The number of hydrogen-bond donors (Lipinski definition) is 4. The second-order valence-electron chi connectivity index (χ2n) is 20.6. The zero-order chi connectivity index (χ0) is 66.2. The van der Waals surface area contributed by atoms with Gasteiger partial charge >= 0.3 is 0 Å². The van der Waals surface area contributed by atoms with Crippen molar-refractivity contribution in [2.75, 3.05) is 21.3 Å². The standard InChI is InChI=1S/4C17H12BrClF2N2/c2*1-9(10-4-2-3-5-14(10)20)23-17-11-6-12(18)15(21)7-16(11)22-8-13(17)19;2*1-9(10-4-2-3-5-13(10)20)23-17-12(19)8-22-14-7-6-11(18)16(21)15(14)17/h4*2-9H,1H3,(H,22,23)/t4*9-/m1010/s1. The average molecular weight is 1590 g/mol. The maximum Gasteiger partial charge on any atom is 0.148 e. The van der Waals surface area contributed by atoms with Gasteiger partial charge in [0.25, 0.3) is 0 Å². The minimum atomic E-state index is -0.458. The molecule has 0 saturated heterocycles. The summed E-state index contributed by atoms with van der Waals surface area (Å²) >= 11 is 37.5. The molecule has 0 unspecified atom stereocenters. The average Bonchev–Trinajstić information content (AvgIpc) is 0.866. The minimum Gasteiger partial charge on any atom is -0.377 e. The smallest absolute Gasteiger partial charge is 0.148 e.